The quantitative estimate of drug-likeness (QED) is 0.798. The molecule has 2 fully saturated rings. The number of hydrogen-bond donors (Lipinski definition) is 2. The molecule has 134 valence electrons. The summed E-state index contributed by atoms with van der Waals surface area (Å²) in [5, 5.41) is 13.2. The molecule has 2 aliphatic rings. The number of ether oxygens (including phenoxy) is 2. The normalized spacial score (nSPS) is 29.7. The summed E-state index contributed by atoms with van der Waals surface area (Å²) in [4.78, 5) is 2.35. The predicted molar refractivity (Wildman–Crippen MR) is 93.8 cm³/mol. The molecule has 1 unspecified atom stereocenters. The molecule has 2 heterocycles. The summed E-state index contributed by atoms with van der Waals surface area (Å²) >= 11 is 0. The van der Waals surface area contributed by atoms with Crippen molar-refractivity contribution < 1.29 is 14.6 Å². The number of benzene rings is 1. The monoisotopic (exact) mass is 334 g/mol. The Kier molecular flexibility index (Phi) is 6.63. The first kappa shape index (κ1) is 17.8. The van der Waals surface area contributed by atoms with Crippen LogP contribution in [-0.4, -0.2) is 61.8 Å². The van der Waals surface area contributed by atoms with Gasteiger partial charge in [0.2, 0.25) is 0 Å². The molecule has 2 N–H and O–H groups in total. The van der Waals surface area contributed by atoms with Gasteiger partial charge in [0, 0.05) is 31.8 Å². The summed E-state index contributed by atoms with van der Waals surface area (Å²) in [6.07, 6.45) is 4.28. The van der Waals surface area contributed by atoms with E-state index in [1.807, 2.05) is 13.1 Å². The van der Waals surface area contributed by atoms with Gasteiger partial charge in [-0.15, -0.1) is 0 Å². The van der Waals surface area contributed by atoms with E-state index in [1.54, 1.807) is 0 Å². The Morgan fingerprint density at radius 1 is 1.33 bits per heavy atom. The molecule has 0 amide bonds. The third-order valence-electron chi connectivity index (χ3n) is 5.15. The second kappa shape index (κ2) is 8.92. The molecule has 0 saturated carbocycles. The van der Waals surface area contributed by atoms with E-state index >= 15 is 0 Å². The largest absolute Gasteiger partial charge is 0.395 e. The Labute approximate surface area is 144 Å². The number of aliphatic hydroxyl groups is 1. The second-order valence-electron chi connectivity index (χ2n) is 6.83. The number of nitrogens with one attached hydrogen (secondary N) is 1. The number of rotatable bonds is 7. The minimum absolute atomic E-state index is 0.0581. The van der Waals surface area contributed by atoms with Gasteiger partial charge >= 0.3 is 0 Å². The van der Waals surface area contributed by atoms with Gasteiger partial charge in [0.05, 0.1) is 12.7 Å². The third-order valence-corrected chi connectivity index (χ3v) is 5.15. The zero-order valence-electron chi connectivity index (χ0n) is 14.6. The number of likely N-dealkylation sites (N-methyl/N-ethyl adjacent to an activating group) is 1. The lowest BCUT2D eigenvalue weighted by molar-refractivity contribution is -0.185. The first-order chi connectivity index (χ1) is 11.8. The van der Waals surface area contributed by atoms with E-state index in [0.29, 0.717) is 0 Å². The van der Waals surface area contributed by atoms with Crippen LogP contribution in [0.5, 0.6) is 0 Å². The van der Waals surface area contributed by atoms with Gasteiger partial charge in [-0.1, -0.05) is 30.3 Å². The Morgan fingerprint density at radius 2 is 2.17 bits per heavy atom. The van der Waals surface area contributed by atoms with Crippen molar-refractivity contribution in [3.8, 4) is 0 Å². The zero-order chi connectivity index (χ0) is 16.8. The molecule has 5 heteroatoms. The maximum Gasteiger partial charge on any atom is 0.158 e. The average molecular weight is 334 g/mol. The second-order valence-corrected chi connectivity index (χ2v) is 6.83. The molecule has 4 atom stereocenters. The van der Waals surface area contributed by atoms with Gasteiger partial charge in [-0.2, -0.15) is 0 Å². The van der Waals surface area contributed by atoms with E-state index in [1.165, 1.54) is 12.0 Å². The topological polar surface area (TPSA) is 54.0 Å². The molecule has 2 aliphatic heterocycles. The fourth-order valence-electron chi connectivity index (χ4n) is 3.77. The van der Waals surface area contributed by atoms with Crippen LogP contribution in [-0.2, 0) is 9.47 Å². The lowest BCUT2D eigenvalue weighted by Gasteiger charge is -2.28. The van der Waals surface area contributed by atoms with Crippen LogP contribution in [0.25, 0.3) is 0 Å². The van der Waals surface area contributed by atoms with Gasteiger partial charge in [0.1, 0.15) is 0 Å². The summed E-state index contributed by atoms with van der Waals surface area (Å²) in [6.45, 7) is 2.71. The van der Waals surface area contributed by atoms with Gasteiger partial charge in [0.25, 0.3) is 0 Å². The lowest BCUT2D eigenvalue weighted by Crippen LogP contribution is -2.39. The Hall–Kier alpha value is -0.980. The highest BCUT2D eigenvalue weighted by Crippen LogP contribution is 2.26. The highest BCUT2D eigenvalue weighted by Gasteiger charge is 2.35. The number of hydrogen-bond acceptors (Lipinski definition) is 5. The summed E-state index contributed by atoms with van der Waals surface area (Å²) in [7, 11) is 1.99. The van der Waals surface area contributed by atoms with Crippen molar-refractivity contribution in [2.75, 3.05) is 33.4 Å². The number of nitrogens with zero attached hydrogens (tertiary/aromatic N) is 1. The van der Waals surface area contributed by atoms with Crippen LogP contribution in [0.15, 0.2) is 30.3 Å². The molecule has 1 aromatic rings. The molecule has 0 radical (unpaired) electrons. The molecule has 5 nitrogen and oxygen atoms in total. The SMILES string of the molecule is CN[C@H](CN1C[C@H](OC2CCCCO2)C[C@H]1CO)c1ccccc1. The maximum atomic E-state index is 9.77. The minimum Gasteiger partial charge on any atom is -0.395 e. The van der Waals surface area contributed by atoms with Crippen LogP contribution in [0.2, 0.25) is 0 Å². The van der Waals surface area contributed by atoms with Gasteiger partial charge in [-0.05, 0) is 38.3 Å². The van der Waals surface area contributed by atoms with E-state index in [4.69, 9.17) is 9.47 Å². The van der Waals surface area contributed by atoms with E-state index < -0.39 is 0 Å². The molecule has 3 rings (SSSR count). The molecular weight excluding hydrogens is 304 g/mol. The van der Waals surface area contributed by atoms with Crippen molar-refractivity contribution in [1.29, 1.82) is 0 Å². The van der Waals surface area contributed by atoms with Crippen LogP contribution in [0.3, 0.4) is 0 Å². The summed E-state index contributed by atoms with van der Waals surface area (Å²) in [5.74, 6) is 0. The molecule has 0 aliphatic carbocycles. The molecule has 1 aromatic carbocycles. The van der Waals surface area contributed by atoms with Crippen molar-refractivity contribution in [2.45, 2.75) is 50.2 Å². The van der Waals surface area contributed by atoms with E-state index in [0.717, 1.165) is 39.0 Å². The predicted octanol–water partition coefficient (Wildman–Crippen LogP) is 1.93. The van der Waals surface area contributed by atoms with Crippen LogP contribution in [0.1, 0.15) is 37.3 Å². The van der Waals surface area contributed by atoms with Crippen molar-refractivity contribution in [2.24, 2.45) is 0 Å². The van der Waals surface area contributed by atoms with Gasteiger partial charge in [0.15, 0.2) is 6.29 Å². The Bertz CT molecular complexity index is 479. The summed E-state index contributed by atoms with van der Waals surface area (Å²) < 4.78 is 11.8. The zero-order valence-corrected chi connectivity index (χ0v) is 14.6. The lowest BCUT2D eigenvalue weighted by atomic mass is 10.1. The molecule has 0 bridgehead atoms. The van der Waals surface area contributed by atoms with Crippen LogP contribution in [0.4, 0.5) is 0 Å². The minimum atomic E-state index is -0.0581. The first-order valence-electron chi connectivity index (χ1n) is 9.14. The van der Waals surface area contributed by atoms with Crippen molar-refractivity contribution in [1.82, 2.24) is 10.2 Å². The Balaban J connectivity index is 1.57. The molecule has 0 aromatic heterocycles. The van der Waals surface area contributed by atoms with Gasteiger partial charge < -0.3 is 19.9 Å². The number of likely N-dealkylation sites (tertiary alicyclic amines) is 1. The third kappa shape index (κ3) is 4.55. The summed E-state index contributed by atoms with van der Waals surface area (Å²) in [6, 6.07) is 10.9. The molecule has 0 spiro atoms. The number of aliphatic hydroxyl groups excluding tert-OH is 1. The molecular formula is C19H30N2O3. The van der Waals surface area contributed by atoms with E-state index in [2.05, 4.69) is 34.5 Å². The van der Waals surface area contributed by atoms with Gasteiger partial charge in [-0.3, -0.25) is 4.90 Å². The highest BCUT2D eigenvalue weighted by atomic mass is 16.7. The van der Waals surface area contributed by atoms with E-state index in [-0.39, 0.29) is 31.1 Å². The van der Waals surface area contributed by atoms with Gasteiger partial charge in [-0.25, -0.2) is 0 Å². The van der Waals surface area contributed by atoms with Crippen LogP contribution < -0.4 is 5.32 Å². The molecule has 24 heavy (non-hydrogen) atoms. The van der Waals surface area contributed by atoms with E-state index in [9.17, 15) is 5.11 Å². The molecule has 2 saturated heterocycles. The van der Waals surface area contributed by atoms with Crippen LogP contribution in [0, 0.1) is 0 Å². The maximum absolute atomic E-state index is 9.77. The smallest absolute Gasteiger partial charge is 0.158 e. The van der Waals surface area contributed by atoms with Crippen molar-refractivity contribution in [3.05, 3.63) is 35.9 Å². The highest BCUT2D eigenvalue weighted by molar-refractivity contribution is 5.19. The summed E-state index contributed by atoms with van der Waals surface area (Å²) in [5.41, 5.74) is 1.27. The van der Waals surface area contributed by atoms with Crippen LogP contribution >= 0.6 is 0 Å². The Morgan fingerprint density at radius 3 is 2.83 bits per heavy atom. The first-order valence-corrected chi connectivity index (χ1v) is 9.14. The standard InChI is InChI=1S/C19H30N2O3/c1-20-18(15-7-3-2-4-8-15)13-21-12-17(11-16(21)14-22)24-19-9-5-6-10-23-19/h2-4,7-8,16-20,22H,5-6,9-14H2,1H3/t16-,17+,18+,19?/m0/s1. The average Bonchev–Trinajstić information content (AvgIpc) is 3.02. The van der Waals surface area contributed by atoms with Crippen molar-refractivity contribution >= 4 is 0 Å². The van der Waals surface area contributed by atoms with Crippen molar-refractivity contribution in [3.63, 3.8) is 0 Å². The fourth-order valence-corrected chi connectivity index (χ4v) is 3.77. The fraction of sp³-hybridized carbons (Fsp3) is 0.684.